The number of carbonyl (C=O) groups is 1. The number of piperazine rings is 1. The smallest absolute Gasteiger partial charge is 0.337 e. The molecule has 4 atom stereocenters. The molecule has 1 N–H and O–H groups in total. The van der Waals surface area contributed by atoms with E-state index in [4.69, 9.17) is 4.74 Å². The van der Waals surface area contributed by atoms with E-state index in [2.05, 4.69) is 36.2 Å². The molecule has 1 aliphatic heterocycles. The zero-order valence-corrected chi connectivity index (χ0v) is 19.7. The van der Waals surface area contributed by atoms with Gasteiger partial charge in [-0.05, 0) is 43.5 Å². The molecule has 3 rings (SSSR count). The maximum atomic E-state index is 12.0. The van der Waals surface area contributed by atoms with E-state index in [-0.39, 0.29) is 12.6 Å². The van der Waals surface area contributed by atoms with Crippen molar-refractivity contribution >= 4 is 17.2 Å². The molecule has 2 aromatic carbocycles. The van der Waals surface area contributed by atoms with Gasteiger partial charge in [0.05, 0.1) is 12.7 Å². The lowest BCUT2D eigenvalue weighted by Crippen LogP contribution is -2.55. The molecular weight excluding hydrogens is 426 g/mol. The molecule has 2 unspecified atom stereocenters. The quantitative estimate of drug-likeness (QED) is 0.459. The normalized spacial score (nSPS) is 21.3. The predicted molar refractivity (Wildman–Crippen MR) is 125 cm³/mol. The fourth-order valence-electron chi connectivity index (χ4n) is 4.40. The van der Waals surface area contributed by atoms with Gasteiger partial charge in [-0.15, -0.1) is 0 Å². The van der Waals surface area contributed by atoms with Gasteiger partial charge < -0.3 is 14.6 Å². The lowest BCUT2D eigenvalue weighted by molar-refractivity contribution is 0.0600. The first-order chi connectivity index (χ1) is 15.4. The lowest BCUT2D eigenvalue weighted by Gasteiger charge is -2.41. The van der Waals surface area contributed by atoms with Gasteiger partial charge in [0.25, 0.3) is 0 Å². The van der Waals surface area contributed by atoms with E-state index >= 15 is 0 Å². The van der Waals surface area contributed by atoms with E-state index in [1.54, 1.807) is 24.3 Å². The summed E-state index contributed by atoms with van der Waals surface area (Å²) in [5, 5.41) is 3.56. The summed E-state index contributed by atoms with van der Waals surface area (Å²) in [5.41, 5.74) is 2.47. The second-order valence-corrected chi connectivity index (χ2v) is 9.36. The Morgan fingerprint density at radius 2 is 1.78 bits per heavy atom. The monoisotopic (exact) mass is 458 g/mol. The summed E-state index contributed by atoms with van der Waals surface area (Å²) in [6, 6.07) is 18.0. The lowest BCUT2D eigenvalue weighted by atomic mass is 9.99. The van der Waals surface area contributed by atoms with E-state index in [0.717, 1.165) is 18.7 Å². The Balaban J connectivity index is 1.72. The molecule has 0 bridgehead atoms. The molecule has 8 heteroatoms. The molecule has 7 nitrogen and oxygen atoms in total. The van der Waals surface area contributed by atoms with Crippen LogP contribution in [0.25, 0.3) is 0 Å². The van der Waals surface area contributed by atoms with Gasteiger partial charge in [-0.25, -0.2) is 9.10 Å². The number of methoxy groups -OCH3 is 1. The highest BCUT2D eigenvalue weighted by molar-refractivity contribution is 7.76. The summed E-state index contributed by atoms with van der Waals surface area (Å²) in [6.45, 7) is 6.86. The Morgan fingerprint density at radius 1 is 1.16 bits per heavy atom. The van der Waals surface area contributed by atoms with Crippen LogP contribution in [-0.2, 0) is 22.5 Å². The molecule has 0 aromatic heterocycles. The van der Waals surface area contributed by atoms with Crippen LogP contribution in [0.1, 0.15) is 47.8 Å². The molecule has 1 heterocycles. The Kier molecular flexibility index (Phi) is 8.95. The van der Waals surface area contributed by atoms with E-state index in [9.17, 15) is 13.6 Å². The molecule has 0 aliphatic carbocycles. The van der Waals surface area contributed by atoms with Crippen molar-refractivity contribution in [1.82, 2.24) is 14.5 Å². The molecule has 32 heavy (non-hydrogen) atoms. The largest absolute Gasteiger partial charge is 0.760 e. The van der Waals surface area contributed by atoms with E-state index < -0.39 is 17.2 Å². The van der Waals surface area contributed by atoms with Crippen molar-refractivity contribution < 1.29 is 18.3 Å². The van der Waals surface area contributed by atoms with Crippen LogP contribution in [-0.4, -0.2) is 62.8 Å². The van der Waals surface area contributed by atoms with Crippen molar-refractivity contribution in [2.75, 3.05) is 26.7 Å². The number of rotatable bonds is 9. The highest BCUT2D eigenvalue weighted by Crippen LogP contribution is 2.27. The fourth-order valence-corrected chi connectivity index (χ4v) is 4.91. The van der Waals surface area contributed by atoms with Crippen LogP contribution in [0.15, 0.2) is 54.6 Å². The van der Waals surface area contributed by atoms with Crippen molar-refractivity contribution in [1.29, 1.82) is 0 Å². The molecule has 2 aromatic rings. The third-order valence-electron chi connectivity index (χ3n) is 5.81. The molecule has 0 spiro atoms. The Labute approximate surface area is 193 Å². The van der Waals surface area contributed by atoms with Crippen LogP contribution in [0, 0.1) is 0 Å². The van der Waals surface area contributed by atoms with Crippen molar-refractivity contribution in [3.63, 3.8) is 0 Å². The van der Waals surface area contributed by atoms with Gasteiger partial charge in [-0.2, -0.15) is 0 Å². The first-order valence-electron chi connectivity index (χ1n) is 10.9. The predicted octanol–water partition coefficient (Wildman–Crippen LogP) is 2.88. The van der Waals surface area contributed by atoms with Crippen LogP contribution in [0.4, 0.5) is 0 Å². The highest BCUT2D eigenvalue weighted by Gasteiger charge is 2.28. The molecule has 174 valence electrons. The van der Waals surface area contributed by atoms with Gasteiger partial charge >= 0.3 is 5.97 Å². The van der Waals surface area contributed by atoms with Crippen LogP contribution in [0.5, 0.6) is 0 Å². The first kappa shape index (κ1) is 24.5. The molecular formula is C24H32N3O4S-. The van der Waals surface area contributed by atoms with Gasteiger partial charge in [0.15, 0.2) is 0 Å². The highest BCUT2D eigenvalue weighted by atomic mass is 32.2. The molecule has 1 fully saturated rings. The summed E-state index contributed by atoms with van der Waals surface area (Å²) in [4.78, 5) is 14.1. The Bertz CT molecular complexity index is 884. The zero-order valence-electron chi connectivity index (χ0n) is 18.9. The average molecular weight is 459 g/mol. The number of benzene rings is 2. The molecule has 0 radical (unpaired) electrons. The maximum Gasteiger partial charge on any atom is 0.337 e. The van der Waals surface area contributed by atoms with Gasteiger partial charge in [0, 0.05) is 55.6 Å². The minimum atomic E-state index is -2.35. The van der Waals surface area contributed by atoms with Crippen LogP contribution in [0.3, 0.4) is 0 Å². The van der Waals surface area contributed by atoms with Gasteiger partial charge in [0.1, 0.15) is 0 Å². The number of esters is 1. The minimum Gasteiger partial charge on any atom is -0.760 e. The summed E-state index contributed by atoms with van der Waals surface area (Å²) in [6.07, 6.45) is 0.692. The molecule has 1 aliphatic rings. The summed E-state index contributed by atoms with van der Waals surface area (Å²) >= 11 is -2.35. The second-order valence-electron chi connectivity index (χ2n) is 8.41. The van der Waals surface area contributed by atoms with Crippen molar-refractivity contribution in [3.8, 4) is 0 Å². The van der Waals surface area contributed by atoms with E-state index in [0.29, 0.717) is 30.6 Å². The van der Waals surface area contributed by atoms with Crippen molar-refractivity contribution in [3.05, 3.63) is 71.3 Å². The topological polar surface area (TPSA) is 84.9 Å². The Morgan fingerprint density at radius 3 is 2.34 bits per heavy atom. The number of ether oxygens (including phenoxy) is 1. The zero-order chi connectivity index (χ0) is 23.1. The standard InChI is InChI=1S/C24H33N3O4S/c1-18-15-26(16-19(2)25-18)23(21-7-5-4-6-8-21)13-14-27(32(29)30)17-20-9-11-22(12-10-20)24(28)31-3/h4-12,18-19,23,25H,13-17H2,1-3H3,(H,29,30)/p-1/t18-,19+,23?. The van der Waals surface area contributed by atoms with Gasteiger partial charge in [0.2, 0.25) is 0 Å². The van der Waals surface area contributed by atoms with Crippen LogP contribution >= 0.6 is 0 Å². The van der Waals surface area contributed by atoms with Crippen LogP contribution < -0.4 is 5.32 Å². The molecule has 0 saturated carbocycles. The first-order valence-corrected chi connectivity index (χ1v) is 12.0. The number of nitrogens with zero attached hydrogens (tertiary/aromatic N) is 2. The minimum absolute atomic E-state index is 0.135. The summed E-state index contributed by atoms with van der Waals surface area (Å²) in [7, 11) is 1.33. The van der Waals surface area contributed by atoms with Crippen LogP contribution in [0.2, 0.25) is 0 Å². The van der Waals surface area contributed by atoms with E-state index in [1.165, 1.54) is 17.0 Å². The average Bonchev–Trinajstić information content (AvgIpc) is 2.78. The second kappa shape index (κ2) is 11.7. The molecule has 0 amide bonds. The van der Waals surface area contributed by atoms with Crippen molar-refractivity contribution in [2.45, 2.75) is 44.9 Å². The molecule has 1 saturated heterocycles. The SMILES string of the molecule is COC(=O)c1ccc(CN(CCC(c2ccccc2)N2C[C@@H](C)N[C@@H](C)C2)S(=O)[O-])cc1. The summed E-state index contributed by atoms with van der Waals surface area (Å²) < 4.78 is 30.1. The number of hydrogen-bond donors (Lipinski definition) is 1. The number of hydrogen-bond acceptors (Lipinski definition) is 6. The third kappa shape index (κ3) is 6.70. The van der Waals surface area contributed by atoms with Gasteiger partial charge in [-0.1, -0.05) is 42.5 Å². The number of carbonyl (C=O) groups excluding carboxylic acids is 1. The summed E-state index contributed by atoms with van der Waals surface area (Å²) in [5.74, 6) is -0.411. The third-order valence-corrected chi connectivity index (χ3v) is 6.54. The maximum absolute atomic E-state index is 12.0. The van der Waals surface area contributed by atoms with E-state index in [1.807, 2.05) is 18.2 Å². The fraction of sp³-hybridized carbons (Fsp3) is 0.458. The Hall–Kier alpha value is -2.10. The van der Waals surface area contributed by atoms with Crippen molar-refractivity contribution in [2.24, 2.45) is 0 Å². The van der Waals surface area contributed by atoms with Gasteiger partial charge in [-0.3, -0.25) is 9.11 Å². The number of nitrogens with one attached hydrogen (secondary N) is 1.